The molecule has 3 amide bonds. The Bertz CT molecular complexity index is 723. The lowest BCUT2D eigenvalue weighted by Gasteiger charge is -2.33. The van der Waals surface area contributed by atoms with Crippen molar-refractivity contribution in [2.45, 2.75) is 59.0 Å². The quantitative estimate of drug-likeness (QED) is 0.135. The van der Waals surface area contributed by atoms with Crippen LogP contribution in [0, 0.1) is 11.3 Å². The number of carbonyl (C=O) groups excluding carboxylic acids is 3. The van der Waals surface area contributed by atoms with E-state index < -0.39 is 29.3 Å². The molecule has 0 aliphatic heterocycles. The monoisotopic (exact) mass is 465 g/mol. The van der Waals surface area contributed by atoms with Gasteiger partial charge in [-0.05, 0) is 37.2 Å². The maximum Gasteiger partial charge on any atom is 0.243 e. The molecule has 186 valence electrons. The molecule has 0 bridgehead atoms. The second-order valence-corrected chi connectivity index (χ2v) is 9.14. The van der Waals surface area contributed by atoms with E-state index >= 15 is 0 Å². The standard InChI is InChI=1S/C24H39N3O6/c1-18(27(32)17-29)20(12-8-11-19-9-6-5-7-10-19)22(30)26-21(24(2,3)4)23(31)25-13-15-33-16-14-28/h5-7,9-10,17-18,20-21,28,32H,8,11-16H2,1-4H3,(H,25,31)(H,26,30)/t18-,20+,21+/m0/s1. The Morgan fingerprint density at radius 3 is 2.39 bits per heavy atom. The summed E-state index contributed by atoms with van der Waals surface area (Å²) in [5, 5.41) is 24.7. The number of nitrogens with zero attached hydrogens (tertiary/aromatic N) is 1. The van der Waals surface area contributed by atoms with Crippen LogP contribution in [-0.4, -0.2) is 72.1 Å². The van der Waals surface area contributed by atoms with E-state index in [4.69, 9.17) is 9.84 Å². The molecular weight excluding hydrogens is 426 g/mol. The first-order valence-electron chi connectivity index (χ1n) is 11.3. The summed E-state index contributed by atoms with van der Waals surface area (Å²) in [6, 6.07) is 8.27. The van der Waals surface area contributed by atoms with Gasteiger partial charge in [0.05, 0.1) is 31.8 Å². The summed E-state index contributed by atoms with van der Waals surface area (Å²) in [7, 11) is 0. The van der Waals surface area contributed by atoms with Crippen LogP contribution in [0.4, 0.5) is 0 Å². The lowest BCUT2D eigenvalue weighted by molar-refractivity contribution is -0.166. The highest BCUT2D eigenvalue weighted by Gasteiger charge is 2.36. The molecule has 0 saturated heterocycles. The molecule has 0 aliphatic rings. The second kappa shape index (κ2) is 14.6. The highest BCUT2D eigenvalue weighted by Crippen LogP contribution is 2.23. The van der Waals surface area contributed by atoms with Gasteiger partial charge in [0, 0.05) is 6.54 Å². The Morgan fingerprint density at radius 1 is 1.15 bits per heavy atom. The van der Waals surface area contributed by atoms with E-state index in [1.807, 2.05) is 51.1 Å². The average Bonchev–Trinajstić information content (AvgIpc) is 2.78. The van der Waals surface area contributed by atoms with Gasteiger partial charge in [-0.1, -0.05) is 51.1 Å². The number of hydroxylamine groups is 2. The number of rotatable bonds is 15. The van der Waals surface area contributed by atoms with Gasteiger partial charge in [0.15, 0.2) is 0 Å². The predicted molar refractivity (Wildman–Crippen MR) is 124 cm³/mol. The molecule has 9 nitrogen and oxygen atoms in total. The minimum Gasteiger partial charge on any atom is -0.394 e. The van der Waals surface area contributed by atoms with E-state index in [0.29, 0.717) is 17.9 Å². The SMILES string of the molecule is C[C@@H]([C@@H](CCCc1ccccc1)C(=O)N[C@H](C(=O)NCCOCCO)C(C)(C)C)N(O)C=O. The van der Waals surface area contributed by atoms with Crippen molar-refractivity contribution in [3.8, 4) is 0 Å². The van der Waals surface area contributed by atoms with Crippen LogP contribution < -0.4 is 10.6 Å². The summed E-state index contributed by atoms with van der Waals surface area (Å²) in [6.45, 7) is 7.72. The molecule has 0 spiro atoms. The van der Waals surface area contributed by atoms with Crippen molar-refractivity contribution in [3.05, 3.63) is 35.9 Å². The molecule has 3 atom stereocenters. The van der Waals surface area contributed by atoms with Crippen molar-refractivity contribution in [1.82, 2.24) is 15.7 Å². The molecule has 1 aromatic carbocycles. The Balaban J connectivity index is 2.85. The number of aliphatic hydroxyl groups excluding tert-OH is 1. The number of hydrogen-bond acceptors (Lipinski definition) is 6. The highest BCUT2D eigenvalue weighted by atomic mass is 16.5. The number of nitrogens with one attached hydrogen (secondary N) is 2. The number of benzene rings is 1. The smallest absolute Gasteiger partial charge is 0.243 e. The zero-order valence-electron chi connectivity index (χ0n) is 20.1. The van der Waals surface area contributed by atoms with Gasteiger partial charge in [-0.15, -0.1) is 0 Å². The molecule has 0 saturated carbocycles. The number of ether oxygens (including phenoxy) is 1. The fourth-order valence-corrected chi connectivity index (χ4v) is 3.48. The van der Waals surface area contributed by atoms with Crippen LogP contribution in [0.25, 0.3) is 0 Å². The van der Waals surface area contributed by atoms with Crippen molar-refractivity contribution in [2.24, 2.45) is 11.3 Å². The third-order valence-electron chi connectivity index (χ3n) is 5.46. The third kappa shape index (κ3) is 10.3. The second-order valence-electron chi connectivity index (χ2n) is 9.14. The Hall–Kier alpha value is -2.49. The van der Waals surface area contributed by atoms with Crippen molar-refractivity contribution in [1.29, 1.82) is 0 Å². The van der Waals surface area contributed by atoms with E-state index in [0.717, 1.165) is 12.0 Å². The summed E-state index contributed by atoms with van der Waals surface area (Å²) in [4.78, 5) is 37.1. The lowest BCUT2D eigenvalue weighted by atomic mass is 9.84. The van der Waals surface area contributed by atoms with E-state index in [1.54, 1.807) is 6.92 Å². The van der Waals surface area contributed by atoms with E-state index in [2.05, 4.69) is 10.6 Å². The minimum absolute atomic E-state index is 0.0961. The van der Waals surface area contributed by atoms with Gasteiger partial charge in [-0.2, -0.15) is 0 Å². The zero-order chi connectivity index (χ0) is 24.9. The zero-order valence-corrected chi connectivity index (χ0v) is 20.1. The first kappa shape index (κ1) is 28.5. The Morgan fingerprint density at radius 2 is 1.82 bits per heavy atom. The average molecular weight is 466 g/mol. The molecule has 9 heteroatoms. The number of aliphatic hydroxyl groups is 1. The van der Waals surface area contributed by atoms with Gasteiger partial charge < -0.3 is 20.5 Å². The number of amides is 3. The van der Waals surface area contributed by atoms with Crippen molar-refractivity contribution >= 4 is 18.2 Å². The molecule has 1 rings (SSSR count). The van der Waals surface area contributed by atoms with E-state index in [9.17, 15) is 19.6 Å². The molecule has 0 aromatic heterocycles. The molecule has 33 heavy (non-hydrogen) atoms. The molecule has 0 radical (unpaired) electrons. The maximum absolute atomic E-state index is 13.2. The van der Waals surface area contributed by atoms with Gasteiger partial charge in [0.2, 0.25) is 18.2 Å². The van der Waals surface area contributed by atoms with Crippen molar-refractivity contribution < 1.29 is 29.4 Å². The van der Waals surface area contributed by atoms with Crippen LogP contribution in [0.5, 0.6) is 0 Å². The largest absolute Gasteiger partial charge is 0.394 e. The molecule has 0 heterocycles. The third-order valence-corrected chi connectivity index (χ3v) is 5.46. The topological polar surface area (TPSA) is 128 Å². The fraction of sp³-hybridized carbons (Fsp3) is 0.625. The summed E-state index contributed by atoms with van der Waals surface area (Å²) in [5.74, 6) is -1.45. The van der Waals surface area contributed by atoms with Crippen molar-refractivity contribution in [3.63, 3.8) is 0 Å². The van der Waals surface area contributed by atoms with Crippen LogP contribution in [0.15, 0.2) is 30.3 Å². The normalized spacial score (nSPS) is 14.1. The molecule has 0 aliphatic carbocycles. The minimum atomic E-state index is -0.824. The fourth-order valence-electron chi connectivity index (χ4n) is 3.48. The van der Waals surface area contributed by atoms with Gasteiger partial charge in [0.25, 0.3) is 0 Å². The first-order chi connectivity index (χ1) is 15.6. The summed E-state index contributed by atoms with van der Waals surface area (Å²) >= 11 is 0. The summed E-state index contributed by atoms with van der Waals surface area (Å²) in [5.41, 5.74) is 0.559. The van der Waals surface area contributed by atoms with Gasteiger partial charge in [0.1, 0.15) is 6.04 Å². The molecule has 0 unspecified atom stereocenters. The number of aryl methyl sites for hydroxylation is 1. The summed E-state index contributed by atoms with van der Waals surface area (Å²) in [6.07, 6.45) is 2.14. The molecule has 0 fully saturated rings. The van der Waals surface area contributed by atoms with Crippen LogP contribution in [0.1, 0.15) is 46.1 Å². The van der Waals surface area contributed by atoms with Crippen molar-refractivity contribution in [2.75, 3.05) is 26.4 Å². The van der Waals surface area contributed by atoms with Crippen LogP contribution in [0.2, 0.25) is 0 Å². The predicted octanol–water partition coefficient (Wildman–Crippen LogP) is 1.52. The molecular formula is C24H39N3O6. The molecule has 1 aromatic rings. The maximum atomic E-state index is 13.2. The Labute approximate surface area is 196 Å². The number of hydrogen-bond donors (Lipinski definition) is 4. The number of carbonyl (C=O) groups is 3. The molecule has 4 N–H and O–H groups in total. The van der Waals surface area contributed by atoms with Gasteiger partial charge in [-0.3, -0.25) is 19.6 Å². The van der Waals surface area contributed by atoms with Crippen LogP contribution >= 0.6 is 0 Å². The highest BCUT2D eigenvalue weighted by molar-refractivity contribution is 5.89. The van der Waals surface area contributed by atoms with Gasteiger partial charge in [-0.25, -0.2) is 5.06 Å². The van der Waals surface area contributed by atoms with E-state index in [1.165, 1.54) is 0 Å². The lowest BCUT2D eigenvalue weighted by Crippen LogP contribution is -2.56. The van der Waals surface area contributed by atoms with Crippen LogP contribution in [0.3, 0.4) is 0 Å². The Kier molecular flexibility index (Phi) is 12.6. The first-order valence-corrected chi connectivity index (χ1v) is 11.3. The summed E-state index contributed by atoms with van der Waals surface area (Å²) < 4.78 is 5.15. The van der Waals surface area contributed by atoms with Crippen LogP contribution in [-0.2, 0) is 25.5 Å². The van der Waals surface area contributed by atoms with E-state index in [-0.39, 0.29) is 38.7 Å². The van der Waals surface area contributed by atoms with Gasteiger partial charge >= 0.3 is 0 Å².